The van der Waals surface area contributed by atoms with Gasteiger partial charge in [-0.1, -0.05) is 0 Å². The van der Waals surface area contributed by atoms with E-state index in [1.807, 2.05) is 0 Å². The lowest BCUT2D eigenvalue weighted by Gasteiger charge is -2.21. The maximum absolute atomic E-state index is 11.1. The second kappa shape index (κ2) is 3.84. The molecule has 7 heteroatoms. The minimum atomic E-state index is -1.01. The number of esters is 1. The zero-order valence-electron chi connectivity index (χ0n) is 8.60. The standard InChI is InChI=1S/C9H10N2O5/c1-15-8(12)7-10-5-2-3-11(9(13)14)4-6(5)16-7/h2-4H2,1H3,(H,13,14). The number of oxazole rings is 1. The third-order valence-corrected chi connectivity index (χ3v) is 2.36. The monoisotopic (exact) mass is 226 g/mol. The summed E-state index contributed by atoms with van der Waals surface area (Å²) in [5.41, 5.74) is 0.623. The van der Waals surface area contributed by atoms with Crippen LogP contribution in [-0.4, -0.2) is 40.7 Å². The average molecular weight is 226 g/mol. The first kappa shape index (κ1) is 10.5. The van der Waals surface area contributed by atoms with Crippen molar-refractivity contribution in [2.24, 2.45) is 0 Å². The normalized spacial score (nSPS) is 14.4. The van der Waals surface area contributed by atoms with Gasteiger partial charge >= 0.3 is 18.0 Å². The number of carbonyl (C=O) groups is 2. The zero-order valence-corrected chi connectivity index (χ0v) is 8.60. The number of hydrogen-bond acceptors (Lipinski definition) is 5. The highest BCUT2D eigenvalue weighted by Gasteiger charge is 2.27. The van der Waals surface area contributed by atoms with Gasteiger partial charge in [-0.25, -0.2) is 14.6 Å². The van der Waals surface area contributed by atoms with E-state index in [9.17, 15) is 9.59 Å². The first-order chi connectivity index (χ1) is 7.61. The van der Waals surface area contributed by atoms with Crippen molar-refractivity contribution in [3.63, 3.8) is 0 Å². The van der Waals surface area contributed by atoms with E-state index < -0.39 is 12.1 Å². The van der Waals surface area contributed by atoms with Crippen molar-refractivity contribution < 1.29 is 23.8 Å². The minimum Gasteiger partial charge on any atom is -0.465 e. The number of carbonyl (C=O) groups excluding carboxylic acids is 1. The Hall–Kier alpha value is -2.05. The molecule has 0 saturated heterocycles. The maximum atomic E-state index is 11.1. The van der Waals surface area contributed by atoms with E-state index in [1.54, 1.807) is 0 Å². The van der Waals surface area contributed by atoms with Crippen molar-refractivity contribution in [2.75, 3.05) is 13.7 Å². The lowest BCUT2D eigenvalue weighted by atomic mass is 10.2. The highest BCUT2D eigenvalue weighted by Crippen LogP contribution is 2.20. The van der Waals surface area contributed by atoms with Gasteiger partial charge in [0.25, 0.3) is 0 Å². The van der Waals surface area contributed by atoms with Crippen LogP contribution in [-0.2, 0) is 17.7 Å². The van der Waals surface area contributed by atoms with Gasteiger partial charge in [-0.15, -0.1) is 0 Å². The molecule has 0 aromatic carbocycles. The van der Waals surface area contributed by atoms with Crippen LogP contribution >= 0.6 is 0 Å². The average Bonchev–Trinajstić information content (AvgIpc) is 2.70. The van der Waals surface area contributed by atoms with E-state index >= 15 is 0 Å². The van der Waals surface area contributed by atoms with Crippen molar-refractivity contribution in [3.8, 4) is 0 Å². The van der Waals surface area contributed by atoms with E-state index in [0.29, 0.717) is 24.4 Å². The number of amides is 1. The molecular weight excluding hydrogens is 216 g/mol. The van der Waals surface area contributed by atoms with Crippen LogP contribution in [0.1, 0.15) is 22.1 Å². The van der Waals surface area contributed by atoms with Crippen molar-refractivity contribution in [2.45, 2.75) is 13.0 Å². The maximum Gasteiger partial charge on any atom is 0.407 e. The molecule has 1 N–H and O–H groups in total. The van der Waals surface area contributed by atoms with Crippen LogP contribution in [0.5, 0.6) is 0 Å². The molecule has 7 nitrogen and oxygen atoms in total. The highest BCUT2D eigenvalue weighted by atomic mass is 16.5. The number of carboxylic acid groups (broad SMARTS) is 1. The first-order valence-corrected chi connectivity index (χ1v) is 4.66. The van der Waals surface area contributed by atoms with Crippen LogP contribution < -0.4 is 0 Å². The lowest BCUT2D eigenvalue weighted by Crippen LogP contribution is -2.34. The third kappa shape index (κ3) is 1.71. The van der Waals surface area contributed by atoms with Crippen LogP contribution in [0, 0.1) is 0 Å². The van der Waals surface area contributed by atoms with Gasteiger partial charge in [0.2, 0.25) is 0 Å². The Labute approximate surface area is 90.6 Å². The summed E-state index contributed by atoms with van der Waals surface area (Å²) in [6.45, 7) is 0.476. The topological polar surface area (TPSA) is 92.9 Å². The molecule has 0 bridgehead atoms. The fourth-order valence-electron chi connectivity index (χ4n) is 1.53. The molecule has 0 radical (unpaired) electrons. The summed E-state index contributed by atoms with van der Waals surface area (Å²) in [6, 6.07) is 0. The molecule has 86 valence electrons. The van der Waals surface area contributed by atoms with Crippen LogP contribution in [0.2, 0.25) is 0 Å². The van der Waals surface area contributed by atoms with E-state index in [-0.39, 0.29) is 12.4 Å². The Morgan fingerprint density at radius 2 is 2.31 bits per heavy atom. The zero-order chi connectivity index (χ0) is 11.7. The fraction of sp³-hybridized carbons (Fsp3) is 0.444. The summed E-state index contributed by atoms with van der Waals surface area (Å²) in [6.07, 6.45) is -0.566. The Morgan fingerprint density at radius 1 is 1.56 bits per heavy atom. The van der Waals surface area contributed by atoms with Gasteiger partial charge in [0.15, 0.2) is 0 Å². The van der Waals surface area contributed by atoms with E-state index in [2.05, 4.69) is 9.72 Å². The predicted molar refractivity (Wildman–Crippen MR) is 50.0 cm³/mol. The molecular formula is C9H10N2O5. The summed E-state index contributed by atoms with van der Waals surface area (Å²) < 4.78 is 9.61. The molecule has 1 aromatic heterocycles. The first-order valence-electron chi connectivity index (χ1n) is 4.66. The number of methoxy groups -OCH3 is 1. The number of rotatable bonds is 1. The highest BCUT2D eigenvalue weighted by molar-refractivity contribution is 5.84. The van der Waals surface area contributed by atoms with E-state index in [4.69, 9.17) is 9.52 Å². The minimum absolute atomic E-state index is 0.120. The molecule has 0 spiro atoms. The van der Waals surface area contributed by atoms with E-state index in [1.165, 1.54) is 12.0 Å². The summed E-state index contributed by atoms with van der Waals surface area (Å²) in [5, 5.41) is 8.80. The Bertz CT molecular complexity index is 439. The van der Waals surface area contributed by atoms with Gasteiger partial charge < -0.3 is 19.2 Å². The van der Waals surface area contributed by atoms with Gasteiger partial charge in [-0.05, 0) is 0 Å². The summed E-state index contributed by atoms with van der Waals surface area (Å²) in [4.78, 5) is 27.0. The lowest BCUT2D eigenvalue weighted by molar-refractivity contribution is 0.0552. The third-order valence-electron chi connectivity index (χ3n) is 2.36. The van der Waals surface area contributed by atoms with E-state index in [0.717, 1.165) is 0 Å². The van der Waals surface area contributed by atoms with Crippen molar-refractivity contribution in [3.05, 3.63) is 17.3 Å². The van der Waals surface area contributed by atoms with Crippen LogP contribution in [0.4, 0.5) is 4.79 Å². The Balaban J connectivity index is 2.23. The van der Waals surface area contributed by atoms with Crippen LogP contribution in [0.25, 0.3) is 0 Å². The van der Waals surface area contributed by atoms with Gasteiger partial charge in [-0.3, -0.25) is 0 Å². The molecule has 1 aliphatic rings. The Kier molecular flexibility index (Phi) is 2.51. The van der Waals surface area contributed by atoms with Gasteiger partial charge in [0.05, 0.1) is 19.3 Å². The number of aromatic nitrogens is 1. The molecule has 0 saturated carbocycles. The number of ether oxygens (including phenoxy) is 1. The molecule has 0 atom stereocenters. The smallest absolute Gasteiger partial charge is 0.407 e. The number of hydrogen-bond donors (Lipinski definition) is 1. The van der Waals surface area contributed by atoms with Crippen molar-refractivity contribution in [1.82, 2.24) is 9.88 Å². The number of fused-ring (bicyclic) bond motifs is 1. The second-order valence-corrected chi connectivity index (χ2v) is 3.33. The van der Waals surface area contributed by atoms with Gasteiger partial charge in [-0.2, -0.15) is 0 Å². The SMILES string of the molecule is COC(=O)c1nc2c(o1)CN(C(=O)O)CC2. The fourth-order valence-corrected chi connectivity index (χ4v) is 1.53. The largest absolute Gasteiger partial charge is 0.465 e. The quantitative estimate of drug-likeness (QED) is 0.701. The van der Waals surface area contributed by atoms with Gasteiger partial charge in [0.1, 0.15) is 5.76 Å². The van der Waals surface area contributed by atoms with Crippen LogP contribution in [0.15, 0.2) is 4.42 Å². The molecule has 1 amide bonds. The molecule has 1 aromatic rings. The molecule has 0 unspecified atom stereocenters. The Morgan fingerprint density at radius 3 is 2.94 bits per heavy atom. The molecule has 2 rings (SSSR count). The van der Waals surface area contributed by atoms with Gasteiger partial charge in [0, 0.05) is 13.0 Å². The molecule has 16 heavy (non-hydrogen) atoms. The van der Waals surface area contributed by atoms with Crippen LogP contribution in [0.3, 0.4) is 0 Å². The summed E-state index contributed by atoms with van der Waals surface area (Å²) in [5.74, 6) is -0.370. The predicted octanol–water partition coefficient (Wildman–Crippen LogP) is 0.497. The molecule has 2 heterocycles. The summed E-state index contributed by atoms with van der Waals surface area (Å²) in [7, 11) is 1.23. The second-order valence-electron chi connectivity index (χ2n) is 3.33. The molecule has 1 aliphatic heterocycles. The number of nitrogens with zero attached hydrogens (tertiary/aromatic N) is 2. The van der Waals surface area contributed by atoms with Crippen molar-refractivity contribution in [1.29, 1.82) is 0 Å². The van der Waals surface area contributed by atoms with Crippen molar-refractivity contribution >= 4 is 12.1 Å². The summed E-state index contributed by atoms with van der Waals surface area (Å²) >= 11 is 0. The molecule has 0 aliphatic carbocycles. The molecule has 0 fully saturated rings.